The fraction of sp³-hybridized carbons (Fsp3) is 0.250. The van der Waals surface area contributed by atoms with Crippen LogP contribution in [0.25, 0.3) is 5.57 Å². The summed E-state index contributed by atoms with van der Waals surface area (Å²) in [6, 6.07) is 15.6. The maximum absolute atomic E-state index is 13.3. The topological polar surface area (TPSA) is 37.4 Å². The van der Waals surface area contributed by atoms with Gasteiger partial charge in [-0.25, -0.2) is 4.90 Å². The Morgan fingerprint density at radius 1 is 0.929 bits per heavy atom. The van der Waals surface area contributed by atoms with Crippen molar-refractivity contribution >= 4 is 34.7 Å². The molecule has 3 nitrogen and oxygen atoms in total. The summed E-state index contributed by atoms with van der Waals surface area (Å²) < 4.78 is 0. The van der Waals surface area contributed by atoms with Crippen LogP contribution in [0.2, 0.25) is 5.02 Å². The van der Waals surface area contributed by atoms with E-state index in [9.17, 15) is 9.59 Å². The number of amides is 2. The number of rotatable bonds is 2. The molecule has 0 radical (unpaired) electrons. The van der Waals surface area contributed by atoms with E-state index >= 15 is 0 Å². The van der Waals surface area contributed by atoms with Crippen molar-refractivity contribution in [2.75, 3.05) is 4.90 Å². The normalized spacial score (nSPS) is 27.7. The zero-order chi connectivity index (χ0) is 19.6. The summed E-state index contributed by atoms with van der Waals surface area (Å²) in [6.45, 7) is 4.01. The second-order valence-corrected chi connectivity index (χ2v) is 8.29. The summed E-state index contributed by atoms with van der Waals surface area (Å²) >= 11 is 6.24. The molecule has 1 saturated carbocycles. The van der Waals surface area contributed by atoms with E-state index in [2.05, 4.69) is 31.2 Å². The minimum absolute atomic E-state index is 0.00224. The molecule has 4 heteroatoms. The van der Waals surface area contributed by atoms with Gasteiger partial charge in [0, 0.05) is 16.9 Å². The van der Waals surface area contributed by atoms with Crippen LogP contribution in [0.1, 0.15) is 18.1 Å². The molecule has 3 aliphatic rings. The Morgan fingerprint density at radius 3 is 2.11 bits per heavy atom. The Bertz CT molecular complexity index is 1040. The number of carbonyl (C=O) groups is 2. The maximum atomic E-state index is 13.3. The van der Waals surface area contributed by atoms with Crippen LogP contribution in [-0.4, -0.2) is 11.8 Å². The minimum Gasteiger partial charge on any atom is -0.274 e. The molecule has 1 aliphatic heterocycles. The first-order chi connectivity index (χ1) is 13.5. The van der Waals surface area contributed by atoms with E-state index in [4.69, 9.17) is 11.6 Å². The number of allylic oxidation sites excluding steroid dienone is 4. The Hall–Kier alpha value is -2.65. The Kier molecular flexibility index (Phi) is 3.85. The summed E-state index contributed by atoms with van der Waals surface area (Å²) in [5, 5.41) is 0.566. The third-order valence-corrected chi connectivity index (χ3v) is 6.88. The molecule has 0 N–H and O–H groups in total. The molecule has 2 aromatic rings. The van der Waals surface area contributed by atoms with Gasteiger partial charge in [-0.1, -0.05) is 65.7 Å². The average molecular weight is 390 g/mol. The number of fused-ring (bicyclic) bond motifs is 5. The number of anilines is 1. The molecular weight excluding hydrogens is 370 g/mol. The van der Waals surface area contributed by atoms with E-state index < -0.39 is 0 Å². The molecule has 2 aliphatic carbocycles. The fourth-order valence-electron chi connectivity index (χ4n) is 5.09. The van der Waals surface area contributed by atoms with E-state index in [0.29, 0.717) is 10.7 Å². The highest BCUT2D eigenvalue weighted by Crippen LogP contribution is 2.58. The van der Waals surface area contributed by atoms with Crippen molar-refractivity contribution in [1.82, 2.24) is 0 Å². The smallest absolute Gasteiger partial charge is 0.238 e. The first-order valence-electron chi connectivity index (χ1n) is 9.57. The Balaban J connectivity index is 1.55. The lowest BCUT2D eigenvalue weighted by Gasteiger charge is -2.20. The van der Waals surface area contributed by atoms with Crippen LogP contribution in [0.15, 0.2) is 66.3 Å². The van der Waals surface area contributed by atoms with E-state index in [1.54, 1.807) is 12.1 Å². The molecule has 28 heavy (non-hydrogen) atoms. The van der Waals surface area contributed by atoms with Crippen LogP contribution in [0.5, 0.6) is 0 Å². The predicted octanol–water partition coefficient (Wildman–Crippen LogP) is 5.04. The molecule has 140 valence electrons. The monoisotopic (exact) mass is 389 g/mol. The molecule has 0 unspecified atom stereocenters. The van der Waals surface area contributed by atoms with Gasteiger partial charge < -0.3 is 0 Å². The zero-order valence-corrected chi connectivity index (χ0v) is 16.5. The van der Waals surface area contributed by atoms with Crippen molar-refractivity contribution in [3.63, 3.8) is 0 Å². The van der Waals surface area contributed by atoms with Crippen molar-refractivity contribution in [2.45, 2.75) is 13.8 Å². The molecule has 2 aromatic carbocycles. The van der Waals surface area contributed by atoms with Crippen LogP contribution < -0.4 is 4.90 Å². The molecule has 5 rings (SSSR count). The lowest BCUT2D eigenvalue weighted by atomic mass is 9.85. The van der Waals surface area contributed by atoms with E-state index in [1.807, 2.05) is 31.2 Å². The summed E-state index contributed by atoms with van der Waals surface area (Å²) in [5.74, 6) is -0.835. The molecular formula is C24H20ClNO2. The second-order valence-electron chi connectivity index (χ2n) is 7.88. The van der Waals surface area contributed by atoms with Gasteiger partial charge in [-0.05, 0) is 42.7 Å². The first kappa shape index (κ1) is 17.4. The molecule has 4 atom stereocenters. The number of halogens is 1. The lowest BCUT2D eigenvalue weighted by Crippen LogP contribution is -2.33. The van der Waals surface area contributed by atoms with Gasteiger partial charge in [-0.2, -0.15) is 0 Å². The van der Waals surface area contributed by atoms with Crippen molar-refractivity contribution in [1.29, 1.82) is 0 Å². The van der Waals surface area contributed by atoms with Crippen molar-refractivity contribution < 1.29 is 9.59 Å². The van der Waals surface area contributed by atoms with E-state index in [0.717, 1.165) is 11.1 Å². The first-order valence-corrected chi connectivity index (χ1v) is 9.95. The minimum atomic E-state index is -0.309. The SMILES string of the molecule is CC(=C1[C@H]2C=C[C@H]1[C@H]1C(=O)N(c3ccc(C)c(Cl)c3)C(=O)[C@@H]12)c1ccccc1. The number of carbonyl (C=O) groups excluding carboxylic acids is 2. The van der Waals surface area contributed by atoms with Gasteiger partial charge in [0.05, 0.1) is 17.5 Å². The Labute approximate surface area is 169 Å². The maximum Gasteiger partial charge on any atom is 0.238 e. The van der Waals surface area contributed by atoms with Crippen LogP contribution >= 0.6 is 11.6 Å². The quantitative estimate of drug-likeness (QED) is 0.532. The molecule has 1 saturated heterocycles. The number of benzene rings is 2. The molecule has 2 amide bonds. The van der Waals surface area contributed by atoms with Gasteiger partial charge in [0.15, 0.2) is 0 Å². The molecule has 0 spiro atoms. The third kappa shape index (κ3) is 2.29. The third-order valence-electron chi connectivity index (χ3n) is 6.47. The molecule has 0 aromatic heterocycles. The number of hydrogen-bond acceptors (Lipinski definition) is 2. The summed E-state index contributed by atoms with van der Waals surface area (Å²) in [5.41, 5.74) is 5.06. The second kappa shape index (κ2) is 6.18. The van der Waals surface area contributed by atoms with Gasteiger partial charge in [0.2, 0.25) is 11.8 Å². The van der Waals surface area contributed by atoms with Crippen LogP contribution in [0.3, 0.4) is 0 Å². The number of nitrogens with zero attached hydrogens (tertiary/aromatic N) is 1. The van der Waals surface area contributed by atoms with Gasteiger partial charge in [0.25, 0.3) is 0 Å². The standard InChI is InChI=1S/C24H20ClNO2/c1-13-8-9-16(12-19(13)25)26-23(27)21-17-10-11-18(22(21)24(26)28)20(17)14(2)15-6-4-3-5-7-15/h3-12,17-18,21-22H,1-2H3/t17-,18-,21-,22-/m1/s1. The van der Waals surface area contributed by atoms with Crippen molar-refractivity contribution in [3.05, 3.63) is 82.4 Å². The molecule has 1 heterocycles. The van der Waals surface area contributed by atoms with E-state index in [1.165, 1.54) is 16.0 Å². The Morgan fingerprint density at radius 2 is 1.54 bits per heavy atom. The van der Waals surface area contributed by atoms with Gasteiger partial charge in [-0.15, -0.1) is 0 Å². The lowest BCUT2D eigenvalue weighted by molar-refractivity contribution is -0.122. The molecule has 2 bridgehead atoms. The summed E-state index contributed by atoms with van der Waals surface area (Å²) in [4.78, 5) is 27.9. The highest BCUT2D eigenvalue weighted by atomic mass is 35.5. The van der Waals surface area contributed by atoms with E-state index in [-0.39, 0.29) is 35.5 Å². The van der Waals surface area contributed by atoms with Crippen LogP contribution in [0, 0.1) is 30.6 Å². The van der Waals surface area contributed by atoms with Crippen molar-refractivity contribution in [2.24, 2.45) is 23.7 Å². The number of aryl methyl sites for hydroxylation is 1. The van der Waals surface area contributed by atoms with Crippen molar-refractivity contribution in [3.8, 4) is 0 Å². The van der Waals surface area contributed by atoms with Gasteiger partial charge in [0.1, 0.15) is 0 Å². The van der Waals surface area contributed by atoms with Crippen LogP contribution in [0.4, 0.5) is 5.69 Å². The zero-order valence-electron chi connectivity index (χ0n) is 15.7. The molecule has 2 fully saturated rings. The van der Waals surface area contributed by atoms with Gasteiger partial charge >= 0.3 is 0 Å². The predicted molar refractivity (Wildman–Crippen MR) is 111 cm³/mol. The number of hydrogen-bond donors (Lipinski definition) is 0. The largest absolute Gasteiger partial charge is 0.274 e. The summed E-state index contributed by atoms with van der Waals surface area (Å²) in [7, 11) is 0. The fourth-order valence-corrected chi connectivity index (χ4v) is 5.27. The average Bonchev–Trinajstić information content (AvgIpc) is 3.34. The number of imide groups is 1. The van der Waals surface area contributed by atoms with Gasteiger partial charge in [-0.3, -0.25) is 9.59 Å². The van der Waals surface area contributed by atoms with Crippen LogP contribution in [-0.2, 0) is 9.59 Å². The summed E-state index contributed by atoms with van der Waals surface area (Å²) in [6.07, 6.45) is 4.23. The highest BCUT2D eigenvalue weighted by Gasteiger charge is 2.62. The highest BCUT2D eigenvalue weighted by molar-refractivity contribution is 6.32.